The Morgan fingerprint density at radius 3 is 2.86 bits per heavy atom. The topological polar surface area (TPSA) is 83.7 Å². The van der Waals surface area contributed by atoms with Crippen LogP contribution in [0.5, 0.6) is 0 Å². The molecule has 1 aromatic rings. The average molecular weight is 195 g/mol. The van der Waals surface area contributed by atoms with Crippen molar-refractivity contribution in [3.05, 3.63) is 24.2 Å². The first-order chi connectivity index (χ1) is 6.74. The van der Waals surface area contributed by atoms with Crippen molar-refractivity contribution < 1.29 is 14.0 Å². The molecule has 6 heteroatoms. The Bertz CT molecular complexity index is 343. The molecule has 0 aromatic carbocycles. The lowest BCUT2D eigenvalue weighted by Crippen LogP contribution is -2.35. The van der Waals surface area contributed by atoms with Crippen LogP contribution in [0.4, 0.5) is 0 Å². The third-order valence-corrected chi connectivity index (χ3v) is 1.33. The average Bonchev–Trinajstić information content (AvgIpc) is 2.69. The van der Waals surface area contributed by atoms with E-state index in [2.05, 4.69) is 10.4 Å². The van der Waals surface area contributed by atoms with E-state index in [-0.39, 0.29) is 0 Å². The van der Waals surface area contributed by atoms with E-state index in [9.17, 15) is 9.59 Å². The second-order valence-electron chi connectivity index (χ2n) is 2.29. The Morgan fingerprint density at radius 1 is 1.50 bits per heavy atom. The number of hydrogen-bond donors (Lipinski definition) is 2. The van der Waals surface area contributed by atoms with Crippen molar-refractivity contribution in [2.45, 2.75) is 0 Å². The van der Waals surface area contributed by atoms with Crippen LogP contribution in [-0.2, 0) is 9.59 Å². The Balaban J connectivity index is 2.41. The van der Waals surface area contributed by atoms with Gasteiger partial charge in [0.15, 0.2) is 0 Å². The summed E-state index contributed by atoms with van der Waals surface area (Å²) >= 11 is 0. The molecule has 0 spiro atoms. The summed E-state index contributed by atoms with van der Waals surface area (Å²) < 4.78 is 4.90. The van der Waals surface area contributed by atoms with Gasteiger partial charge in [-0.05, 0) is 12.1 Å². The first-order valence-electron chi connectivity index (χ1n) is 3.82. The molecule has 1 rings (SSSR count). The second-order valence-corrected chi connectivity index (χ2v) is 2.29. The van der Waals surface area contributed by atoms with Crippen LogP contribution in [0.3, 0.4) is 0 Å². The van der Waals surface area contributed by atoms with Gasteiger partial charge in [-0.3, -0.25) is 9.59 Å². The third kappa shape index (κ3) is 2.74. The number of hydrazone groups is 1. The lowest BCUT2D eigenvalue weighted by atomic mass is 10.5. The van der Waals surface area contributed by atoms with E-state index >= 15 is 0 Å². The van der Waals surface area contributed by atoms with Crippen LogP contribution >= 0.6 is 0 Å². The van der Waals surface area contributed by atoms with Crippen molar-refractivity contribution in [1.29, 1.82) is 0 Å². The second kappa shape index (κ2) is 4.80. The first kappa shape index (κ1) is 9.97. The zero-order chi connectivity index (χ0) is 10.4. The van der Waals surface area contributed by atoms with Crippen LogP contribution in [0.2, 0.25) is 0 Å². The molecular formula is C8H9N3O3. The molecule has 14 heavy (non-hydrogen) atoms. The predicted molar refractivity (Wildman–Crippen MR) is 48.5 cm³/mol. The van der Waals surface area contributed by atoms with E-state index in [0.29, 0.717) is 5.76 Å². The van der Waals surface area contributed by atoms with E-state index in [4.69, 9.17) is 4.42 Å². The minimum atomic E-state index is -0.824. The molecule has 0 radical (unpaired) electrons. The van der Waals surface area contributed by atoms with Gasteiger partial charge < -0.3 is 9.73 Å². The zero-order valence-electron chi connectivity index (χ0n) is 7.48. The van der Waals surface area contributed by atoms with Gasteiger partial charge in [0.05, 0.1) is 12.5 Å². The van der Waals surface area contributed by atoms with Gasteiger partial charge >= 0.3 is 11.8 Å². The van der Waals surface area contributed by atoms with Crippen molar-refractivity contribution >= 4 is 18.0 Å². The highest BCUT2D eigenvalue weighted by molar-refractivity contribution is 6.34. The van der Waals surface area contributed by atoms with Crippen LogP contribution in [0, 0.1) is 0 Å². The highest BCUT2D eigenvalue weighted by Gasteiger charge is 2.08. The fourth-order valence-corrected chi connectivity index (χ4v) is 0.684. The third-order valence-electron chi connectivity index (χ3n) is 1.33. The standard InChI is InChI=1S/C8H9N3O3/c1-9-7(12)8(13)11-10-5-6-3-2-4-14-6/h2-5H,1H3,(H,9,12)(H,11,13)/b10-5+. The lowest BCUT2D eigenvalue weighted by Gasteiger charge is -1.95. The van der Waals surface area contributed by atoms with E-state index in [1.165, 1.54) is 19.5 Å². The number of furan rings is 1. The highest BCUT2D eigenvalue weighted by atomic mass is 16.3. The number of carbonyl (C=O) groups excluding carboxylic acids is 2. The number of carbonyl (C=O) groups is 2. The van der Waals surface area contributed by atoms with Crippen molar-refractivity contribution in [3.63, 3.8) is 0 Å². The molecule has 0 aliphatic rings. The van der Waals surface area contributed by atoms with E-state index in [1.54, 1.807) is 12.1 Å². The minimum Gasteiger partial charge on any atom is -0.463 e. The van der Waals surface area contributed by atoms with Crippen molar-refractivity contribution in [2.24, 2.45) is 5.10 Å². The molecule has 0 bridgehead atoms. The van der Waals surface area contributed by atoms with Gasteiger partial charge in [0.2, 0.25) is 0 Å². The van der Waals surface area contributed by atoms with Gasteiger partial charge in [0.1, 0.15) is 5.76 Å². The summed E-state index contributed by atoms with van der Waals surface area (Å²) in [6.45, 7) is 0. The van der Waals surface area contributed by atoms with Gasteiger partial charge in [-0.25, -0.2) is 5.43 Å². The smallest absolute Gasteiger partial charge is 0.329 e. The Hall–Kier alpha value is -2.11. The molecule has 0 atom stereocenters. The van der Waals surface area contributed by atoms with E-state index < -0.39 is 11.8 Å². The summed E-state index contributed by atoms with van der Waals surface area (Å²) in [6, 6.07) is 3.34. The number of rotatable bonds is 2. The number of nitrogens with zero attached hydrogens (tertiary/aromatic N) is 1. The first-order valence-corrected chi connectivity index (χ1v) is 3.82. The normalized spacial score (nSPS) is 10.1. The molecule has 0 unspecified atom stereocenters. The molecule has 0 aliphatic heterocycles. The van der Waals surface area contributed by atoms with Crippen LogP contribution in [0.15, 0.2) is 27.9 Å². The van der Waals surface area contributed by atoms with Crippen molar-refractivity contribution in [2.75, 3.05) is 7.05 Å². The Labute approximate surface area is 80.0 Å². The molecule has 0 aliphatic carbocycles. The maximum atomic E-state index is 10.8. The van der Waals surface area contributed by atoms with E-state index in [0.717, 1.165) is 0 Å². The largest absolute Gasteiger partial charge is 0.463 e. The molecule has 1 aromatic heterocycles. The molecule has 1 heterocycles. The van der Waals surface area contributed by atoms with Gasteiger partial charge in [-0.1, -0.05) is 0 Å². The van der Waals surface area contributed by atoms with Gasteiger partial charge in [0.25, 0.3) is 0 Å². The fraction of sp³-hybridized carbons (Fsp3) is 0.125. The van der Waals surface area contributed by atoms with Gasteiger partial charge in [-0.2, -0.15) is 5.10 Å². The van der Waals surface area contributed by atoms with Crippen LogP contribution in [0.1, 0.15) is 5.76 Å². The van der Waals surface area contributed by atoms with Crippen molar-refractivity contribution in [3.8, 4) is 0 Å². The molecule has 0 saturated heterocycles. The quantitative estimate of drug-likeness (QED) is 0.378. The minimum absolute atomic E-state index is 0.488. The van der Waals surface area contributed by atoms with Crippen molar-refractivity contribution in [1.82, 2.24) is 10.7 Å². The fourth-order valence-electron chi connectivity index (χ4n) is 0.684. The van der Waals surface area contributed by atoms with Crippen LogP contribution < -0.4 is 10.7 Å². The molecule has 2 amide bonds. The molecule has 2 N–H and O–H groups in total. The summed E-state index contributed by atoms with van der Waals surface area (Å²) in [5, 5.41) is 5.66. The van der Waals surface area contributed by atoms with Crippen LogP contribution in [-0.4, -0.2) is 25.1 Å². The maximum absolute atomic E-state index is 10.8. The Kier molecular flexibility index (Phi) is 3.42. The monoisotopic (exact) mass is 195 g/mol. The van der Waals surface area contributed by atoms with Gasteiger partial charge in [-0.15, -0.1) is 0 Å². The highest BCUT2D eigenvalue weighted by Crippen LogP contribution is 1.94. The molecule has 74 valence electrons. The molecular weight excluding hydrogens is 186 g/mol. The molecule has 0 fully saturated rings. The lowest BCUT2D eigenvalue weighted by molar-refractivity contribution is -0.138. The van der Waals surface area contributed by atoms with Gasteiger partial charge in [0, 0.05) is 7.05 Å². The molecule has 0 saturated carbocycles. The van der Waals surface area contributed by atoms with Crippen LogP contribution in [0.25, 0.3) is 0 Å². The predicted octanol–water partition coefficient (Wildman–Crippen LogP) is -0.524. The summed E-state index contributed by atoms with van der Waals surface area (Å²) in [5.74, 6) is -1.08. The number of likely N-dealkylation sites (N-methyl/N-ethyl adjacent to an activating group) is 1. The number of amides is 2. The summed E-state index contributed by atoms with van der Waals surface area (Å²) in [4.78, 5) is 21.5. The summed E-state index contributed by atoms with van der Waals surface area (Å²) in [6.07, 6.45) is 2.77. The summed E-state index contributed by atoms with van der Waals surface area (Å²) in [7, 11) is 1.36. The maximum Gasteiger partial charge on any atom is 0.329 e. The van der Waals surface area contributed by atoms with E-state index in [1.807, 2.05) is 5.43 Å². The molecule has 6 nitrogen and oxygen atoms in total. The zero-order valence-corrected chi connectivity index (χ0v) is 7.48. The number of hydrogen-bond acceptors (Lipinski definition) is 4. The Morgan fingerprint density at radius 2 is 2.29 bits per heavy atom. The number of nitrogens with one attached hydrogen (secondary N) is 2. The summed E-state index contributed by atoms with van der Waals surface area (Å²) in [5.41, 5.74) is 2.03. The SMILES string of the molecule is CNC(=O)C(=O)N/N=C/c1ccco1.